The average molecular weight is 245 g/mol. The number of rotatable bonds is 3. The first kappa shape index (κ1) is 12.0. The van der Waals surface area contributed by atoms with Gasteiger partial charge >= 0.3 is 5.97 Å². The van der Waals surface area contributed by atoms with Crippen molar-refractivity contribution in [1.82, 2.24) is 4.73 Å². The molecule has 6 nitrogen and oxygen atoms in total. The molecule has 0 radical (unpaired) electrons. The van der Waals surface area contributed by atoms with Crippen LogP contribution in [-0.2, 0) is 11.2 Å². The number of aliphatic carboxylic acids is 1. The van der Waals surface area contributed by atoms with Gasteiger partial charge in [-0.25, -0.2) is 0 Å². The molecule has 0 amide bonds. The summed E-state index contributed by atoms with van der Waals surface area (Å²) in [6, 6.07) is 5.90. The first-order valence-corrected chi connectivity index (χ1v) is 5.25. The van der Waals surface area contributed by atoms with Gasteiger partial charge in [-0.3, -0.25) is 4.79 Å². The van der Waals surface area contributed by atoms with Crippen molar-refractivity contribution in [3.63, 3.8) is 0 Å². The van der Waals surface area contributed by atoms with Crippen LogP contribution in [-0.4, -0.2) is 27.1 Å². The van der Waals surface area contributed by atoms with Crippen LogP contribution in [0.25, 0.3) is 10.9 Å². The Hall–Kier alpha value is -2.52. The quantitative estimate of drug-likeness (QED) is 0.689. The zero-order chi connectivity index (χ0) is 13.3. The number of nitrogens with zero attached hydrogens (tertiary/aromatic N) is 2. The molecule has 0 aliphatic heterocycles. The Morgan fingerprint density at radius 2 is 2.28 bits per heavy atom. The normalized spacial score (nSPS) is 12.2. The molecule has 0 aliphatic carbocycles. The number of hydrogen-bond donors (Lipinski definition) is 3. The third-order valence-corrected chi connectivity index (χ3v) is 2.77. The van der Waals surface area contributed by atoms with Gasteiger partial charge in [-0.05, 0) is 11.6 Å². The van der Waals surface area contributed by atoms with Gasteiger partial charge in [0, 0.05) is 18.0 Å². The van der Waals surface area contributed by atoms with Crippen LogP contribution in [0.4, 0.5) is 0 Å². The van der Waals surface area contributed by atoms with E-state index >= 15 is 0 Å². The molecule has 1 aromatic heterocycles. The second-order valence-electron chi connectivity index (χ2n) is 3.96. The monoisotopic (exact) mass is 245 g/mol. The number of hydrogen-bond acceptors (Lipinski definition) is 4. The minimum absolute atomic E-state index is 0.0915. The summed E-state index contributed by atoms with van der Waals surface area (Å²) in [7, 11) is 0. The van der Waals surface area contributed by atoms with E-state index in [9.17, 15) is 10.0 Å². The van der Waals surface area contributed by atoms with Gasteiger partial charge in [0.25, 0.3) is 0 Å². The highest BCUT2D eigenvalue weighted by Gasteiger charge is 2.17. The van der Waals surface area contributed by atoms with E-state index in [0.29, 0.717) is 22.0 Å². The van der Waals surface area contributed by atoms with Crippen molar-refractivity contribution in [2.45, 2.75) is 12.5 Å². The van der Waals surface area contributed by atoms with Crippen molar-refractivity contribution in [2.24, 2.45) is 5.73 Å². The molecule has 0 spiro atoms. The molecule has 0 fully saturated rings. The Kier molecular flexibility index (Phi) is 2.92. The van der Waals surface area contributed by atoms with E-state index in [1.807, 2.05) is 6.07 Å². The summed E-state index contributed by atoms with van der Waals surface area (Å²) in [5, 5.41) is 28.1. The summed E-state index contributed by atoms with van der Waals surface area (Å²) in [5.41, 5.74) is 6.75. The second-order valence-corrected chi connectivity index (χ2v) is 3.96. The van der Waals surface area contributed by atoms with Crippen LogP contribution in [0.1, 0.15) is 11.1 Å². The first-order chi connectivity index (χ1) is 8.54. The fraction of sp³-hybridized carbons (Fsp3) is 0.167. The lowest BCUT2D eigenvalue weighted by molar-refractivity contribution is -0.138. The lowest BCUT2D eigenvalue weighted by Crippen LogP contribution is -2.32. The van der Waals surface area contributed by atoms with Crippen molar-refractivity contribution in [2.75, 3.05) is 0 Å². The molecular formula is C12H11N3O3. The average Bonchev–Trinajstić information content (AvgIpc) is 2.66. The summed E-state index contributed by atoms with van der Waals surface area (Å²) in [6.45, 7) is 0. The van der Waals surface area contributed by atoms with Crippen LogP contribution in [0.3, 0.4) is 0 Å². The van der Waals surface area contributed by atoms with Crippen LogP contribution >= 0.6 is 0 Å². The predicted octanol–water partition coefficient (Wildman–Crippen LogP) is 0.705. The third-order valence-electron chi connectivity index (χ3n) is 2.77. The van der Waals surface area contributed by atoms with Gasteiger partial charge < -0.3 is 16.0 Å². The Bertz CT molecular complexity index is 654. The van der Waals surface area contributed by atoms with Crippen molar-refractivity contribution in [3.05, 3.63) is 35.5 Å². The molecule has 1 aromatic carbocycles. The molecule has 92 valence electrons. The van der Waals surface area contributed by atoms with Gasteiger partial charge in [-0.1, -0.05) is 12.1 Å². The number of carboxylic acids is 1. The maximum absolute atomic E-state index is 10.7. The van der Waals surface area contributed by atoms with Crippen LogP contribution < -0.4 is 5.73 Å². The van der Waals surface area contributed by atoms with Crippen LogP contribution in [0.5, 0.6) is 0 Å². The number of nitrogens with two attached hydrogens (primary N) is 1. The Morgan fingerprint density at radius 3 is 2.89 bits per heavy atom. The maximum atomic E-state index is 10.7. The lowest BCUT2D eigenvalue weighted by atomic mass is 10.0. The number of carbonyl (C=O) groups is 1. The molecular weight excluding hydrogens is 234 g/mol. The second kappa shape index (κ2) is 4.39. The van der Waals surface area contributed by atoms with Gasteiger partial charge in [-0.2, -0.15) is 9.99 Å². The van der Waals surface area contributed by atoms with E-state index in [4.69, 9.17) is 16.1 Å². The number of aromatic nitrogens is 1. The van der Waals surface area contributed by atoms with Gasteiger partial charge in [0.05, 0.1) is 5.56 Å². The van der Waals surface area contributed by atoms with Crippen LogP contribution in [0.15, 0.2) is 24.4 Å². The van der Waals surface area contributed by atoms with E-state index in [1.165, 1.54) is 6.20 Å². The van der Waals surface area contributed by atoms with E-state index in [0.717, 1.165) is 4.73 Å². The van der Waals surface area contributed by atoms with Crippen LogP contribution in [0.2, 0.25) is 0 Å². The summed E-state index contributed by atoms with van der Waals surface area (Å²) < 4.78 is 0.831. The van der Waals surface area contributed by atoms with E-state index in [-0.39, 0.29) is 6.42 Å². The zero-order valence-electron chi connectivity index (χ0n) is 9.37. The molecule has 4 N–H and O–H groups in total. The molecule has 1 atom stereocenters. The van der Waals surface area contributed by atoms with Gasteiger partial charge in [0.15, 0.2) is 0 Å². The number of para-hydroxylation sites is 1. The molecule has 0 saturated heterocycles. The SMILES string of the molecule is N#Cc1cccc2c(CC(N)C(=O)O)cn(O)c12. The topological polar surface area (TPSA) is 112 Å². The molecule has 2 rings (SSSR count). The zero-order valence-corrected chi connectivity index (χ0v) is 9.37. The van der Waals surface area contributed by atoms with E-state index in [2.05, 4.69) is 0 Å². The minimum atomic E-state index is -1.11. The number of benzene rings is 1. The standard InChI is InChI=1S/C12H11N3O3/c13-5-7-2-1-3-9-8(4-10(14)12(16)17)6-15(18)11(7)9/h1-3,6,10,18H,4,14H2,(H,16,17). The molecule has 2 aromatic rings. The molecule has 6 heteroatoms. The smallest absolute Gasteiger partial charge is 0.320 e. The van der Waals surface area contributed by atoms with Crippen molar-refractivity contribution >= 4 is 16.9 Å². The molecule has 0 aliphatic rings. The highest BCUT2D eigenvalue weighted by Crippen LogP contribution is 2.24. The van der Waals surface area contributed by atoms with Gasteiger partial charge in [0.1, 0.15) is 17.6 Å². The highest BCUT2D eigenvalue weighted by molar-refractivity contribution is 5.89. The molecule has 0 bridgehead atoms. The van der Waals surface area contributed by atoms with Crippen molar-refractivity contribution in [3.8, 4) is 6.07 Å². The molecule has 0 saturated carbocycles. The Morgan fingerprint density at radius 1 is 1.56 bits per heavy atom. The van der Waals surface area contributed by atoms with E-state index < -0.39 is 12.0 Å². The predicted molar refractivity (Wildman–Crippen MR) is 63.2 cm³/mol. The van der Waals surface area contributed by atoms with E-state index in [1.54, 1.807) is 18.2 Å². The number of fused-ring (bicyclic) bond motifs is 1. The van der Waals surface area contributed by atoms with Gasteiger partial charge in [0.2, 0.25) is 0 Å². The molecule has 1 heterocycles. The number of carboxylic acid groups (broad SMARTS) is 1. The van der Waals surface area contributed by atoms with Crippen molar-refractivity contribution in [1.29, 1.82) is 5.26 Å². The largest absolute Gasteiger partial charge is 0.480 e. The molecule has 18 heavy (non-hydrogen) atoms. The summed E-state index contributed by atoms with van der Waals surface area (Å²) in [4.78, 5) is 10.7. The number of nitriles is 1. The third kappa shape index (κ3) is 1.87. The Labute approximate surface area is 102 Å². The lowest BCUT2D eigenvalue weighted by Gasteiger charge is -2.04. The summed E-state index contributed by atoms with van der Waals surface area (Å²) >= 11 is 0. The Balaban J connectivity index is 2.55. The first-order valence-electron chi connectivity index (χ1n) is 5.25. The fourth-order valence-electron chi connectivity index (χ4n) is 1.91. The highest BCUT2D eigenvalue weighted by atomic mass is 16.5. The van der Waals surface area contributed by atoms with Crippen LogP contribution in [0, 0.1) is 11.3 Å². The fourth-order valence-corrected chi connectivity index (χ4v) is 1.91. The van der Waals surface area contributed by atoms with Crippen molar-refractivity contribution < 1.29 is 15.1 Å². The maximum Gasteiger partial charge on any atom is 0.320 e. The molecule has 1 unspecified atom stereocenters. The summed E-state index contributed by atoms with van der Waals surface area (Å²) in [6.07, 6.45) is 1.47. The summed E-state index contributed by atoms with van der Waals surface area (Å²) in [5.74, 6) is -1.11. The van der Waals surface area contributed by atoms with Gasteiger partial charge in [-0.15, -0.1) is 0 Å². The minimum Gasteiger partial charge on any atom is -0.480 e.